The van der Waals surface area contributed by atoms with Crippen LogP contribution in [0, 0.1) is 0 Å². The van der Waals surface area contributed by atoms with Gasteiger partial charge in [-0.05, 0) is 37.5 Å². The standard InChI is InChI=1S/C16H21N3O4S/c1-24(21,22)12-13(20)5-3-2-4-10-23-14-6-7-15(17-11-14)16-8-9-18-19-16/h6-9,11H,2-5,10,12H2,1H3,(H,18,19). The highest BCUT2D eigenvalue weighted by Crippen LogP contribution is 2.17. The lowest BCUT2D eigenvalue weighted by Gasteiger charge is -2.06. The number of carbonyl (C=O) groups is 1. The van der Waals surface area contributed by atoms with Crippen molar-refractivity contribution in [2.45, 2.75) is 25.7 Å². The minimum Gasteiger partial charge on any atom is -0.492 e. The van der Waals surface area contributed by atoms with E-state index in [4.69, 9.17) is 4.74 Å². The molecule has 0 aromatic carbocycles. The normalized spacial score (nSPS) is 11.4. The maximum absolute atomic E-state index is 11.4. The van der Waals surface area contributed by atoms with Crippen LogP contribution in [-0.4, -0.2) is 48.0 Å². The Morgan fingerprint density at radius 2 is 2.04 bits per heavy atom. The summed E-state index contributed by atoms with van der Waals surface area (Å²) in [4.78, 5) is 15.7. The lowest BCUT2D eigenvalue weighted by atomic mass is 10.1. The van der Waals surface area contributed by atoms with Crippen LogP contribution in [0.5, 0.6) is 5.75 Å². The van der Waals surface area contributed by atoms with Crippen LogP contribution in [0.2, 0.25) is 0 Å². The molecule has 0 amide bonds. The maximum Gasteiger partial charge on any atom is 0.154 e. The van der Waals surface area contributed by atoms with Crippen LogP contribution in [0.15, 0.2) is 30.6 Å². The second kappa shape index (κ2) is 8.58. The Labute approximate surface area is 141 Å². The van der Waals surface area contributed by atoms with Gasteiger partial charge in [0.05, 0.1) is 24.2 Å². The van der Waals surface area contributed by atoms with Gasteiger partial charge in [0.15, 0.2) is 9.84 Å². The summed E-state index contributed by atoms with van der Waals surface area (Å²) in [6.07, 6.45) is 6.99. The minimum absolute atomic E-state index is 0.225. The number of hydrogen-bond donors (Lipinski definition) is 1. The van der Waals surface area contributed by atoms with E-state index in [9.17, 15) is 13.2 Å². The van der Waals surface area contributed by atoms with Crippen LogP contribution in [0.3, 0.4) is 0 Å². The van der Waals surface area contributed by atoms with E-state index >= 15 is 0 Å². The number of sulfone groups is 1. The zero-order valence-corrected chi connectivity index (χ0v) is 14.4. The lowest BCUT2D eigenvalue weighted by Crippen LogP contribution is -2.14. The summed E-state index contributed by atoms with van der Waals surface area (Å²) < 4.78 is 27.6. The van der Waals surface area contributed by atoms with Gasteiger partial charge in [-0.15, -0.1) is 0 Å². The molecule has 2 rings (SSSR count). The summed E-state index contributed by atoms with van der Waals surface area (Å²) in [7, 11) is -3.21. The van der Waals surface area contributed by atoms with Gasteiger partial charge in [0.2, 0.25) is 0 Å². The van der Waals surface area contributed by atoms with Crippen molar-refractivity contribution in [3.63, 3.8) is 0 Å². The molecule has 0 unspecified atom stereocenters. The van der Waals surface area contributed by atoms with Gasteiger partial charge < -0.3 is 4.74 Å². The van der Waals surface area contributed by atoms with Crippen molar-refractivity contribution in [3.05, 3.63) is 30.6 Å². The van der Waals surface area contributed by atoms with Crippen LogP contribution in [0.4, 0.5) is 0 Å². The Kier molecular flexibility index (Phi) is 6.48. The molecule has 0 aliphatic carbocycles. The first-order chi connectivity index (χ1) is 11.4. The summed E-state index contributed by atoms with van der Waals surface area (Å²) in [5, 5.41) is 6.72. The average molecular weight is 351 g/mol. The van der Waals surface area contributed by atoms with Gasteiger partial charge in [-0.1, -0.05) is 0 Å². The fraction of sp³-hybridized carbons (Fsp3) is 0.438. The van der Waals surface area contributed by atoms with Gasteiger partial charge in [-0.2, -0.15) is 5.10 Å². The van der Waals surface area contributed by atoms with Crippen molar-refractivity contribution in [3.8, 4) is 17.1 Å². The highest BCUT2D eigenvalue weighted by Gasteiger charge is 2.10. The van der Waals surface area contributed by atoms with Crippen LogP contribution in [-0.2, 0) is 14.6 Å². The van der Waals surface area contributed by atoms with Gasteiger partial charge >= 0.3 is 0 Å². The summed E-state index contributed by atoms with van der Waals surface area (Å²) in [5.74, 6) is 0.0983. The number of Topliss-reactive ketones (excluding diaryl/α,β-unsaturated/α-hetero) is 1. The van der Waals surface area contributed by atoms with Crippen molar-refractivity contribution in [2.24, 2.45) is 0 Å². The molecule has 0 spiro atoms. The Hall–Kier alpha value is -2.22. The molecule has 8 heteroatoms. The number of aromatic nitrogens is 3. The predicted molar refractivity (Wildman–Crippen MR) is 90.5 cm³/mol. The molecule has 0 atom stereocenters. The summed E-state index contributed by atoms with van der Waals surface area (Å²) in [5.41, 5.74) is 1.64. The molecule has 0 fully saturated rings. The molecule has 0 saturated carbocycles. The van der Waals surface area contributed by atoms with E-state index in [1.165, 1.54) is 0 Å². The van der Waals surface area contributed by atoms with Crippen LogP contribution in [0.1, 0.15) is 25.7 Å². The van der Waals surface area contributed by atoms with E-state index in [1.807, 2.05) is 18.2 Å². The summed E-state index contributed by atoms with van der Waals surface area (Å²) >= 11 is 0. The van der Waals surface area contributed by atoms with E-state index in [0.717, 1.165) is 30.5 Å². The monoisotopic (exact) mass is 351 g/mol. The second-order valence-corrected chi connectivity index (χ2v) is 7.76. The molecule has 0 saturated heterocycles. The average Bonchev–Trinajstić information content (AvgIpc) is 3.04. The van der Waals surface area contributed by atoms with Crippen LogP contribution < -0.4 is 4.74 Å². The molecular weight excluding hydrogens is 330 g/mol. The number of ether oxygens (including phenoxy) is 1. The third kappa shape index (κ3) is 6.49. The summed E-state index contributed by atoms with van der Waals surface area (Å²) in [6, 6.07) is 5.54. The molecule has 2 heterocycles. The van der Waals surface area contributed by atoms with Crippen molar-refractivity contribution < 1.29 is 17.9 Å². The number of aromatic amines is 1. The predicted octanol–water partition coefficient (Wildman–Crippen LogP) is 2.02. The molecule has 24 heavy (non-hydrogen) atoms. The van der Waals surface area contributed by atoms with Gasteiger partial charge in [0, 0.05) is 18.9 Å². The molecule has 2 aromatic rings. The Morgan fingerprint density at radius 1 is 1.21 bits per heavy atom. The number of nitrogens with one attached hydrogen (secondary N) is 1. The fourth-order valence-corrected chi connectivity index (χ4v) is 2.91. The molecule has 1 N–H and O–H groups in total. The van der Waals surface area contributed by atoms with Gasteiger partial charge in [0.25, 0.3) is 0 Å². The number of unbranched alkanes of at least 4 members (excludes halogenated alkanes) is 2. The Morgan fingerprint density at radius 3 is 2.67 bits per heavy atom. The number of pyridine rings is 1. The number of hydrogen-bond acceptors (Lipinski definition) is 6. The third-order valence-corrected chi connectivity index (χ3v) is 4.15. The largest absolute Gasteiger partial charge is 0.492 e. The number of nitrogens with zero attached hydrogens (tertiary/aromatic N) is 2. The van der Waals surface area contributed by atoms with E-state index in [0.29, 0.717) is 25.2 Å². The molecule has 0 aliphatic rings. The smallest absolute Gasteiger partial charge is 0.154 e. The Balaban J connectivity index is 1.62. The number of H-pyrrole nitrogens is 1. The minimum atomic E-state index is -3.21. The highest BCUT2D eigenvalue weighted by atomic mass is 32.2. The third-order valence-electron chi connectivity index (χ3n) is 3.30. The van der Waals surface area contributed by atoms with Gasteiger partial charge in [-0.25, -0.2) is 8.42 Å². The number of carbonyl (C=O) groups excluding carboxylic acids is 1. The van der Waals surface area contributed by atoms with Gasteiger partial charge in [-0.3, -0.25) is 14.9 Å². The van der Waals surface area contributed by atoms with E-state index in [2.05, 4.69) is 15.2 Å². The van der Waals surface area contributed by atoms with Gasteiger partial charge in [0.1, 0.15) is 17.3 Å². The number of rotatable bonds is 10. The highest BCUT2D eigenvalue weighted by molar-refractivity contribution is 7.91. The van der Waals surface area contributed by atoms with E-state index in [1.54, 1.807) is 12.4 Å². The molecule has 2 aromatic heterocycles. The molecular formula is C16H21N3O4S. The van der Waals surface area contributed by atoms with Crippen molar-refractivity contribution >= 4 is 15.6 Å². The van der Waals surface area contributed by atoms with Crippen molar-refractivity contribution in [2.75, 3.05) is 18.6 Å². The molecule has 0 bridgehead atoms. The summed E-state index contributed by atoms with van der Waals surface area (Å²) in [6.45, 7) is 0.533. The van der Waals surface area contributed by atoms with E-state index < -0.39 is 9.84 Å². The quantitative estimate of drug-likeness (QED) is 0.657. The lowest BCUT2D eigenvalue weighted by molar-refractivity contribution is -0.116. The fourth-order valence-electron chi connectivity index (χ4n) is 2.18. The van der Waals surface area contributed by atoms with E-state index in [-0.39, 0.29) is 11.5 Å². The zero-order chi connectivity index (χ0) is 17.4. The second-order valence-electron chi connectivity index (χ2n) is 5.62. The molecule has 0 aliphatic heterocycles. The first kappa shape index (κ1) is 18.1. The Bertz CT molecular complexity index is 740. The SMILES string of the molecule is CS(=O)(=O)CC(=O)CCCCCOc1ccc(-c2ccn[nH]2)nc1. The molecule has 7 nitrogen and oxygen atoms in total. The number of ketones is 1. The first-order valence-corrected chi connectivity index (χ1v) is 9.78. The van der Waals surface area contributed by atoms with Crippen molar-refractivity contribution in [1.29, 1.82) is 0 Å². The van der Waals surface area contributed by atoms with Crippen LogP contribution in [0.25, 0.3) is 11.4 Å². The first-order valence-electron chi connectivity index (χ1n) is 7.72. The van der Waals surface area contributed by atoms with Crippen LogP contribution >= 0.6 is 0 Å². The molecule has 130 valence electrons. The molecule has 0 radical (unpaired) electrons. The van der Waals surface area contributed by atoms with Crippen molar-refractivity contribution in [1.82, 2.24) is 15.2 Å². The zero-order valence-electron chi connectivity index (χ0n) is 13.6. The maximum atomic E-state index is 11.4. The topological polar surface area (TPSA) is 102 Å².